The van der Waals surface area contributed by atoms with Gasteiger partial charge in [0.05, 0.1) is 6.21 Å². The summed E-state index contributed by atoms with van der Waals surface area (Å²) in [4.78, 5) is 20.9. The van der Waals surface area contributed by atoms with Crippen molar-refractivity contribution in [2.45, 2.75) is 64.1 Å². The topological polar surface area (TPSA) is 74.4 Å². The number of ether oxygens (including phenoxy) is 1. The number of esters is 1. The molecular weight excluding hydrogens is 462 g/mol. The van der Waals surface area contributed by atoms with Crippen molar-refractivity contribution in [3.8, 4) is 0 Å². The Kier molecular flexibility index (Phi) is 8.87. The fraction of sp³-hybridized carbons (Fsp3) is 0.533. The molecule has 7 heteroatoms. The monoisotopic (exact) mass is 505 g/mol. The number of carbonyl (C=O) groups excluding carboxylic acids is 1. The van der Waals surface area contributed by atoms with Gasteiger partial charge in [-0.25, -0.2) is 0 Å². The maximum atomic E-state index is 13.4. The zero-order chi connectivity index (χ0) is 26.4. The molecule has 2 atom stereocenters. The van der Waals surface area contributed by atoms with Gasteiger partial charge >= 0.3 is 5.97 Å². The number of benzene rings is 2. The van der Waals surface area contributed by atoms with Crippen LogP contribution in [0.1, 0.15) is 57.6 Å². The zero-order valence-corrected chi connectivity index (χ0v) is 22.8. The van der Waals surface area contributed by atoms with E-state index in [1.54, 1.807) is 6.21 Å². The molecule has 7 nitrogen and oxygen atoms in total. The van der Waals surface area contributed by atoms with Crippen LogP contribution >= 0.6 is 0 Å². The lowest BCUT2D eigenvalue weighted by Gasteiger charge is -2.45. The first-order chi connectivity index (χ1) is 17.7. The predicted molar refractivity (Wildman–Crippen MR) is 151 cm³/mol. The highest BCUT2D eigenvalue weighted by Gasteiger charge is 2.38. The van der Waals surface area contributed by atoms with Crippen LogP contribution in [0.4, 0.5) is 5.69 Å². The molecule has 0 amide bonds. The molecule has 0 radical (unpaired) electrons. The Labute approximate surface area is 222 Å². The smallest absolute Gasteiger partial charge is 0.324 e. The number of rotatable bonds is 7. The highest BCUT2D eigenvalue weighted by atomic mass is 16.6. The molecule has 2 aliphatic heterocycles. The predicted octanol–water partition coefficient (Wildman–Crippen LogP) is 4.08. The molecule has 37 heavy (non-hydrogen) atoms. The summed E-state index contributed by atoms with van der Waals surface area (Å²) in [7, 11) is 0. The van der Waals surface area contributed by atoms with Gasteiger partial charge in [0.1, 0.15) is 11.6 Å². The molecule has 2 aromatic rings. The Morgan fingerprint density at radius 2 is 1.59 bits per heavy atom. The highest BCUT2D eigenvalue weighted by Crippen LogP contribution is 2.30. The summed E-state index contributed by atoms with van der Waals surface area (Å²) < 4.78 is 5.90. The molecule has 2 N–H and O–H groups in total. The van der Waals surface area contributed by atoms with Crippen LogP contribution in [0.15, 0.2) is 59.7 Å². The van der Waals surface area contributed by atoms with Crippen LogP contribution < -0.4 is 10.7 Å². The van der Waals surface area contributed by atoms with Gasteiger partial charge in [0, 0.05) is 56.9 Å². The van der Waals surface area contributed by atoms with Crippen LogP contribution in [0.3, 0.4) is 0 Å². The van der Waals surface area contributed by atoms with Crippen LogP contribution in [0.25, 0.3) is 0 Å². The molecule has 0 aromatic heterocycles. The molecule has 0 saturated carbocycles. The third kappa shape index (κ3) is 7.11. The third-order valence-corrected chi connectivity index (χ3v) is 7.65. The first-order valence-corrected chi connectivity index (χ1v) is 13.6. The van der Waals surface area contributed by atoms with E-state index in [1.807, 2.05) is 39.0 Å². The van der Waals surface area contributed by atoms with Gasteiger partial charge in [-0.2, -0.15) is 5.10 Å². The number of piperazine rings is 1. The molecule has 0 spiro atoms. The molecule has 4 rings (SSSR count). The average molecular weight is 506 g/mol. The Morgan fingerprint density at radius 1 is 0.973 bits per heavy atom. The van der Waals surface area contributed by atoms with Crippen molar-refractivity contribution in [2.24, 2.45) is 10.9 Å². The van der Waals surface area contributed by atoms with Crippen molar-refractivity contribution < 1.29 is 9.53 Å². The lowest BCUT2D eigenvalue weighted by Crippen LogP contribution is -2.56. The minimum absolute atomic E-state index is 0.0682. The molecule has 2 fully saturated rings. The quantitative estimate of drug-likeness (QED) is 0.265. The first kappa shape index (κ1) is 27.1. The van der Waals surface area contributed by atoms with Gasteiger partial charge in [-0.15, -0.1) is 0 Å². The van der Waals surface area contributed by atoms with Crippen molar-refractivity contribution in [3.63, 3.8) is 0 Å². The van der Waals surface area contributed by atoms with E-state index < -0.39 is 5.60 Å². The lowest BCUT2D eigenvalue weighted by molar-refractivity contribution is -0.163. The number of carbonyl (C=O) groups is 1. The SMILES string of the molecule is CC(c1ccccc1)C(C(=O)OC(C)(C)C)N1CCC(N2CCN(c3ccc(C=NN)cc3)CC2)CC1. The zero-order valence-electron chi connectivity index (χ0n) is 22.8. The Hall–Kier alpha value is -2.90. The first-order valence-electron chi connectivity index (χ1n) is 13.6. The summed E-state index contributed by atoms with van der Waals surface area (Å²) in [6.45, 7) is 14.0. The Bertz CT molecular complexity index is 1020. The number of piperidine rings is 1. The van der Waals surface area contributed by atoms with Gasteiger partial charge in [-0.05, 0) is 56.9 Å². The van der Waals surface area contributed by atoms with E-state index in [-0.39, 0.29) is 17.9 Å². The molecule has 2 unspecified atom stereocenters. The van der Waals surface area contributed by atoms with Crippen molar-refractivity contribution in [1.29, 1.82) is 0 Å². The second-order valence-corrected chi connectivity index (χ2v) is 11.3. The van der Waals surface area contributed by atoms with E-state index in [4.69, 9.17) is 10.6 Å². The maximum absolute atomic E-state index is 13.4. The fourth-order valence-corrected chi connectivity index (χ4v) is 5.70. The molecular formula is C30H43N5O2. The van der Waals surface area contributed by atoms with Gasteiger partial charge < -0.3 is 15.5 Å². The number of nitrogens with zero attached hydrogens (tertiary/aromatic N) is 4. The van der Waals surface area contributed by atoms with Crippen LogP contribution in [-0.4, -0.2) is 78.9 Å². The van der Waals surface area contributed by atoms with Crippen LogP contribution in [0, 0.1) is 0 Å². The van der Waals surface area contributed by atoms with Gasteiger partial charge in [-0.1, -0.05) is 49.4 Å². The summed E-state index contributed by atoms with van der Waals surface area (Å²) >= 11 is 0. The molecule has 2 saturated heterocycles. The van der Waals surface area contributed by atoms with Crippen molar-refractivity contribution >= 4 is 17.9 Å². The van der Waals surface area contributed by atoms with Crippen molar-refractivity contribution in [2.75, 3.05) is 44.2 Å². The third-order valence-electron chi connectivity index (χ3n) is 7.65. The molecule has 2 aliphatic rings. The van der Waals surface area contributed by atoms with E-state index in [0.29, 0.717) is 6.04 Å². The van der Waals surface area contributed by atoms with Gasteiger partial charge in [0.2, 0.25) is 0 Å². The normalized spacial score (nSPS) is 20.2. The number of hydrogen-bond acceptors (Lipinski definition) is 7. The summed E-state index contributed by atoms with van der Waals surface area (Å²) in [5.74, 6) is 5.22. The Balaban J connectivity index is 1.35. The van der Waals surface area contributed by atoms with Crippen molar-refractivity contribution in [3.05, 3.63) is 65.7 Å². The van der Waals surface area contributed by atoms with E-state index in [9.17, 15) is 4.79 Å². The van der Waals surface area contributed by atoms with Crippen LogP contribution in [0.2, 0.25) is 0 Å². The summed E-state index contributed by atoms with van der Waals surface area (Å²) in [5.41, 5.74) is 2.95. The van der Waals surface area contributed by atoms with Gasteiger partial charge in [0.25, 0.3) is 0 Å². The van der Waals surface area contributed by atoms with E-state index in [2.05, 4.69) is 63.1 Å². The standard InChI is InChI=1S/C30H43N5O2/c1-23(25-8-6-5-7-9-25)28(29(36)37-30(2,3)4)35-16-14-27(15-17-35)34-20-18-33(19-21-34)26-12-10-24(11-13-26)22-32-31/h5-13,22-23,27-28H,14-21,31H2,1-4H3. The summed E-state index contributed by atoms with van der Waals surface area (Å²) in [6, 6.07) is 19.1. The number of likely N-dealkylation sites (tertiary alicyclic amines) is 1. The molecule has 2 heterocycles. The number of hydrogen-bond donors (Lipinski definition) is 1. The van der Waals surface area contributed by atoms with Crippen LogP contribution in [-0.2, 0) is 9.53 Å². The second-order valence-electron chi connectivity index (χ2n) is 11.3. The fourth-order valence-electron chi connectivity index (χ4n) is 5.70. The van der Waals surface area contributed by atoms with E-state index in [0.717, 1.165) is 57.7 Å². The number of nitrogens with two attached hydrogens (primary N) is 1. The van der Waals surface area contributed by atoms with Crippen LogP contribution in [0.5, 0.6) is 0 Å². The highest BCUT2D eigenvalue weighted by molar-refractivity contribution is 5.80. The maximum Gasteiger partial charge on any atom is 0.324 e. The number of hydrazone groups is 1. The molecule has 2 aromatic carbocycles. The second kappa shape index (κ2) is 12.1. The number of anilines is 1. The van der Waals surface area contributed by atoms with Crippen molar-refractivity contribution in [1.82, 2.24) is 9.80 Å². The van der Waals surface area contributed by atoms with E-state index in [1.165, 1.54) is 11.3 Å². The lowest BCUT2D eigenvalue weighted by atomic mass is 9.90. The Morgan fingerprint density at radius 3 is 2.16 bits per heavy atom. The van der Waals surface area contributed by atoms with Gasteiger partial charge in [0.15, 0.2) is 0 Å². The van der Waals surface area contributed by atoms with Gasteiger partial charge in [-0.3, -0.25) is 14.6 Å². The molecule has 0 aliphatic carbocycles. The summed E-state index contributed by atoms with van der Waals surface area (Å²) in [5, 5.41) is 3.60. The summed E-state index contributed by atoms with van der Waals surface area (Å²) in [6.07, 6.45) is 3.82. The minimum atomic E-state index is -0.498. The largest absolute Gasteiger partial charge is 0.459 e. The van der Waals surface area contributed by atoms with E-state index >= 15 is 0 Å². The average Bonchev–Trinajstić information content (AvgIpc) is 2.89. The molecule has 0 bridgehead atoms. The minimum Gasteiger partial charge on any atom is -0.459 e. The molecule has 200 valence electrons.